The van der Waals surface area contributed by atoms with Crippen molar-refractivity contribution < 1.29 is 4.74 Å². The summed E-state index contributed by atoms with van der Waals surface area (Å²) in [4.78, 5) is 0. The third-order valence-electron chi connectivity index (χ3n) is 3.61. The first-order valence-electron chi connectivity index (χ1n) is 7.10. The zero-order chi connectivity index (χ0) is 13.7. The Morgan fingerprint density at radius 1 is 1.42 bits per heavy atom. The van der Waals surface area contributed by atoms with Crippen LogP contribution < -0.4 is 5.73 Å². The highest BCUT2D eigenvalue weighted by Gasteiger charge is 2.24. The highest BCUT2D eigenvalue weighted by Crippen LogP contribution is 2.34. The third-order valence-corrected chi connectivity index (χ3v) is 4.88. The van der Waals surface area contributed by atoms with Crippen molar-refractivity contribution >= 4 is 11.8 Å². The monoisotopic (exact) mass is 284 g/mol. The van der Waals surface area contributed by atoms with E-state index < -0.39 is 0 Å². The van der Waals surface area contributed by atoms with E-state index in [1.807, 2.05) is 18.9 Å². The molecule has 2 unspecified atom stereocenters. The summed E-state index contributed by atoms with van der Waals surface area (Å²) in [6, 6.07) is 0. The van der Waals surface area contributed by atoms with Gasteiger partial charge < -0.3 is 15.0 Å². The molecule has 1 aliphatic rings. The Bertz CT molecular complexity index is 396. The van der Waals surface area contributed by atoms with Crippen molar-refractivity contribution in [3.05, 3.63) is 5.82 Å². The van der Waals surface area contributed by atoms with Crippen molar-refractivity contribution in [2.24, 2.45) is 5.73 Å². The predicted molar refractivity (Wildman–Crippen MR) is 77.1 cm³/mol. The predicted octanol–water partition coefficient (Wildman–Crippen LogP) is 2.20. The van der Waals surface area contributed by atoms with Crippen LogP contribution in [0.25, 0.3) is 0 Å². The molecule has 19 heavy (non-hydrogen) atoms. The van der Waals surface area contributed by atoms with E-state index >= 15 is 0 Å². The summed E-state index contributed by atoms with van der Waals surface area (Å²) in [5.74, 6) is 0.892. The van der Waals surface area contributed by atoms with Gasteiger partial charge in [-0.1, -0.05) is 18.7 Å². The maximum atomic E-state index is 5.72. The van der Waals surface area contributed by atoms with Crippen LogP contribution in [-0.4, -0.2) is 33.2 Å². The van der Waals surface area contributed by atoms with Gasteiger partial charge in [0, 0.05) is 18.9 Å². The molecule has 0 radical (unpaired) electrons. The number of nitrogens with zero attached hydrogens (tertiary/aromatic N) is 3. The largest absolute Gasteiger partial charge is 0.381 e. The number of nitrogens with two attached hydrogens (primary N) is 1. The number of ether oxygens (including phenoxy) is 1. The van der Waals surface area contributed by atoms with Gasteiger partial charge in [0.15, 0.2) is 5.16 Å². The molecule has 108 valence electrons. The van der Waals surface area contributed by atoms with Crippen LogP contribution >= 0.6 is 11.8 Å². The van der Waals surface area contributed by atoms with Gasteiger partial charge >= 0.3 is 0 Å². The Hall–Kier alpha value is -0.590. The Balaban J connectivity index is 2.03. The second-order valence-electron chi connectivity index (χ2n) is 5.02. The molecule has 0 bridgehead atoms. The van der Waals surface area contributed by atoms with Crippen LogP contribution in [0.4, 0.5) is 0 Å². The Morgan fingerprint density at radius 3 is 2.95 bits per heavy atom. The summed E-state index contributed by atoms with van der Waals surface area (Å²) in [6.07, 6.45) is 6.25. The quantitative estimate of drug-likeness (QED) is 0.867. The molecule has 1 heterocycles. The molecule has 1 aromatic rings. The van der Waals surface area contributed by atoms with Crippen molar-refractivity contribution in [2.45, 2.75) is 68.6 Å². The van der Waals surface area contributed by atoms with E-state index in [2.05, 4.69) is 21.7 Å². The number of hydrogen-bond donors (Lipinski definition) is 1. The topological polar surface area (TPSA) is 66.0 Å². The molecular weight excluding hydrogens is 260 g/mol. The zero-order valence-electron chi connectivity index (χ0n) is 11.8. The molecule has 1 saturated carbocycles. The van der Waals surface area contributed by atoms with Crippen LogP contribution in [0, 0.1) is 0 Å². The molecule has 5 nitrogen and oxygen atoms in total. The number of methoxy groups -OCH3 is 1. The molecular formula is C13H24N4OS. The standard InChI is InChI=1S/C13H24N4OS/c1-3-7-17-12(9-14)15-16-13(17)19-11-6-4-5-10(8-11)18-2/h10-11H,3-9,14H2,1-2H3. The minimum absolute atomic E-state index is 0.405. The molecule has 2 rings (SSSR count). The first kappa shape index (κ1) is 14.8. The highest BCUT2D eigenvalue weighted by atomic mass is 32.2. The van der Waals surface area contributed by atoms with E-state index in [1.165, 1.54) is 19.3 Å². The number of aromatic nitrogens is 3. The average Bonchev–Trinajstić information content (AvgIpc) is 2.82. The van der Waals surface area contributed by atoms with Crippen molar-refractivity contribution in [2.75, 3.05) is 7.11 Å². The van der Waals surface area contributed by atoms with E-state index in [0.29, 0.717) is 17.9 Å². The van der Waals surface area contributed by atoms with Crippen LogP contribution in [0.2, 0.25) is 0 Å². The normalized spacial score (nSPS) is 23.7. The fraction of sp³-hybridized carbons (Fsp3) is 0.846. The van der Waals surface area contributed by atoms with Crippen molar-refractivity contribution in [3.63, 3.8) is 0 Å². The lowest BCUT2D eigenvalue weighted by molar-refractivity contribution is 0.0730. The van der Waals surface area contributed by atoms with Crippen LogP contribution in [0.3, 0.4) is 0 Å². The average molecular weight is 284 g/mol. The van der Waals surface area contributed by atoms with Gasteiger partial charge in [-0.25, -0.2) is 0 Å². The van der Waals surface area contributed by atoms with Crippen molar-refractivity contribution in [1.29, 1.82) is 0 Å². The molecule has 2 N–H and O–H groups in total. The van der Waals surface area contributed by atoms with Gasteiger partial charge in [-0.2, -0.15) is 0 Å². The summed E-state index contributed by atoms with van der Waals surface area (Å²) in [5, 5.41) is 10.1. The van der Waals surface area contributed by atoms with Crippen LogP contribution in [-0.2, 0) is 17.8 Å². The number of thioether (sulfide) groups is 1. The number of rotatable bonds is 6. The molecule has 0 amide bonds. The van der Waals surface area contributed by atoms with Gasteiger partial charge in [-0.05, 0) is 32.1 Å². The second kappa shape index (κ2) is 7.26. The van der Waals surface area contributed by atoms with E-state index in [1.54, 1.807) is 0 Å². The van der Waals surface area contributed by atoms with E-state index in [0.717, 1.165) is 30.4 Å². The minimum Gasteiger partial charge on any atom is -0.381 e. The molecule has 0 saturated heterocycles. The van der Waals surface area contributed by atoms with Gasteiger partial charge in [-0.3, -0.25) is 0 Å². The summed E-state index contributed by atoms with van der Waals surface area (Å²) in [6.45, 7) is 3.57. The Kier molecular flexibility index (Phi) is 5.66. The molecule has 0 spiro atoms. The van der Waals surface area contributed by atoms with Crippen molar-refractivity contribution in [1.82, 2.24) is 14.8 Å². The Morgan fingerprint density at radius 2 is 2.26 bits per heavy atom. The van der Waals surface area contributed by atoms with Crippen LogP contribution in [0.1, 0.15) is 44.9 Å². The fourth-order valence-corrected chi connectivity index (χ4v) is 3.88. The molecule has 0 aromatic carbocycles. The van der Waals surface area contributed by atoms with Gasteiger partial charge in [-0.15, -0.1) is 10.2 Å². The van der Waals surface area contributed by atoms with E-state index in [9.17, 15) is 0 Å². The molecule has 1 aliphatic carbocycles. The summed E-state index contributed by atoms with van der Waals surface area (Å²) in [5.41, 5.74) is 5.72. The first-order chi connectivity index (χ1) is 9.28. The summed E-state index contributed by atoms with van der Waals surface area (Å²) >= 11 is 1.84. The Labute approximate surface area is 119 Å². The van der Waals surface area contributed by atoms with Gasteiger partial charge in [0.25, 0.3) is 0 Å². The maximum absolute atomic E-state index is 5.72. The summed E-state index contributed by atoms with van der Waals surface area (Å²) in [7, 11) is 1.81. The van der Waals surface area contributed by atoms with E-state index in [-0.39, 0.29) is 0 Å². The minimum atomic E-state index is 0.405. The SMILES string of the molecule is CCCn1c(CN)nnc1SC1CCCC(OC)C1. The maximum Gasteiger partial charge on any atom is 0.191 e. The summed E-state index contributed by atoms with van der Waals surface area (Å²) < 4.78 is 7.65. The van der Waals surface area contributed by atoms with Gasteiger partial charge in [0.1, 0.15) is 5.82 Å². The van der Waals surface area contributed by atoms with Crippen LogP contribution in [0.15, 0.2) is 5.16 Å². The van der Waals surface area contributed by atoms with Crippen LogP contribution in [0.5, 0.6) is 0 Å². The number of hydrogen-bond acceptors (Lipinski definition) is 5. The zero-order valence-corrected chi connectivity index (χ0v) is 12.7. The third kappa shape index (κ3) is 3.70. The molecule has 1 aromatic heterocycles. The lowest BCUT2D eigenvalue weighted by Gasteiger charge is -2.27. The highest BCUT2D eigenvalue weighted by molar-refractivity contribution is 7.99. The molecule has 2 atom stereocenters. The first-order valence-corrected chi connectivity index (χ1v) is 7.98. The molecule has 6 heteroatoms. The van der Waals surface area contributed by atoms with Crippen molar-refractivity contribution in [3.8, 4) is 0 Å². The smallest absolute Gasteiger partial charge is 0.191 e. The fourth-order valence-electron chi connectivity index (χ4n) is 2.58. The molecule has 0 aliphatic heterocycles. The lowest BCUT2D eigenvalue weighted by Crippen LogP contribution is -2.23. The second-order valence-corrected chi connectivity index (χ2v) is 6.29. The van der Waals surface area contributed by atoms with Gasteiger partial charge in [0.2, 0.25) is 0 Å². The van der Waals surface area contributed by atoms with E-state index in [4.69, 9.17) is 10.5 Å². The lowest BCUT2D eigenvalue weighted by atomic mass is 9.97. The molecule has 1 fully saturated rings. The van der Waals surface area contributed by atoms with Gasteiger partial charge in [0.05, 0.1) is 12.6 Å².